The van der Waals surface area contributed by atoms with Crippen molar-refractivity contribution in [1.29, 1.82) is 0 Å². The maximum absolute atomic E-state index is 13.7. The molecule has 2 aromatic carbocycles. The number of halogens is 2. The van der Waals surface area contributed by atoms with Crippen LogP contribution < -0.4 is 5.32 Å². The van der Waals surface area contributed by atoms with Crippen LogP contribution in [0, 0.1) is 25.5 Å². The molecular weight excluding hydrogens is 372 g/mol. The lowest BCUT2D eigenvalue weighted by Gasteiger charge is -2.12. The summed E-state index contributed by atoms with van der Waals surface area (Å²) in [6.07, 6.45) is 0. The Hall–Kier alpha value is -2.81. The molecule has 3 rings (SSSR count). The molecule has 0 spiro atoms. The first kappa shape index (κ1) is 19.0. The van der Waals surface area contributed by atoms with Crippen molar-refractivity contribution in [2.75, 3.05) is 5.32 Å². The van der Waals surface area contributed by atoms with Gasteiger partial charge in [-0.1, -0.05) is 17.8 Å². The number of benzene rings is 2. The third kappa shape index (κ3) is 4.30. The summed E-state index contributed by atoms with van der Waals surface area (Å²) in [6, 6.07) is 8.79. The maximum Gasteiger partial charge on any atom is 0.237 e. The molecule has 0 aliphatic carbocycles. The fourth-order valence-corrected chi connectivity index (χ4v) is 3.12. The number of rotatable bonds is 5. The van der Waals surface area contributed by atoms with Crippen LogP contribution in [0.15, 0.2) is 41.6 Å². The van der Waals surface area contributed by atoms with Crippen LogP contribution in [0.2, 0.25) is 0 Å². The Morgan fingerprint density at radius 1 is 1.15 bits per heavy atom. The van der Waals surface area contributed by atoms with Crippen molar-refractivity contribution in [2.45, 2.75) is 31.2 Å². The molecule has 0 fully saturated rings. The summed E-state index contributed by atoms with van der Waals surface area (Å²) in [5.74, 6) is -1.99. The van der Waals surface area contributed by atoms with E-state index >= 15 is 0 Å². The van der Waals surface area contributed by atoms with Gasteiger partial charge in [0, 0.05) is 6.07 Å². The Morgan fingerprint density at radius 2 is 1.93 bits per heavy atom. The predicted octanol–water partition coefficient (Wildman–Crippen LogP) is 3.68. The average Bonchev–Trinajstić information content (AvgIpc) is 3.07. The van der Waals surface area contributed by atoms with Crippen LogP contribution in [0.4, 0.5) is 14.5 Å². The van der Waals surface area contributed by atoms with Gasteiger partial charge in [0.1, 0.15) is 11.6 Å². The smallest absolute Gasteiger partial charge is 0.237 e. The van der Waals surface area contributed by atoms with Crippen molar-refractivity contribution in [1.82, 2.24) is 20.2 Å². The number of hydrogen-bond donors (Lipinski definition) is 1. The van der Waals surface area contributed by atoms with E-state index in [4.69, 9.17) is 0 Å². The first-order chi connectivity index (χ1) is 12.8. The SMILES string of the molecule is Cc1ccc(-n2nnnc2SC(C)C(=O)Nc2ccc(F)cc2F)cc1C. The topological polar surface area (TPSA) is 72.7 Å². The molecule has 6 nitrogen and oxygen atoms in total. The molecule has 0 aliphatic heterocycles. The van der Waals surface area contributed by atoms with Crippen LogP contribution in [0.5, 0.6) is 0 Å². The van der Waals surface area contributed by atoms with E-state index in [1.165, 1.54) is 6.07 Å². The van der Waals surface area contributed by atoms with Gasteiger partial charge in [0.25, 0.3) is 0 Å². The first-order valence-corrected chi connectivity index (χ1v) is 9.01. The minimum atomic E-state index is -0.833. The second-order valence-corrected chi connectivity index (χ2v) is 7.32. The molecule has 0 radical (unpaired) electrons. The van der Waals surface area contributed by atoms with Gasteiger partial charge in [0.15, 0.2) is 0 Å². The second kappa shape index (κ2) is 7.83. The van der Waals surface area contributed by atoms with Gasteiger partial charge in [-0.3, -0.25) is 4.79 Å². The number of thioether (sulfide) groups is 1. The molecule has 9 heteroatoms. The molecule has 0 bridgehead atoms. The molecule has 1 unspecified atom stereocenters. The largest absolute Gasteiger partial charge is 0.323 e. The summed E-state index contributed by atoms with van der Waals surface area (Å²) >= 11 is 1.14. The molecule has 0 saturated heterocycles. The monoisotopic (exact) mass is 389 g/mol. The number of nitrogens with one attached hydrogen (secondary N) is 1. The number of carbonyl (C=O) groups excluding carboxylic acids is 1. The number of anilines is 1. The molecule has 1 atom stereocenters. The van der Waals surface area contributed by atoms with Crippen LogP contribution in [0.1, 0.15) is 18.1 Å². The van der Waals surface area contributed by atoms with Gasteiger partial charge in [0.2, 0.25) is 11.1 Å². The number of hydrogen-bond acceptors (Lipinski definition) is 5. The molecule has 140 valence electrons. The first-order valence-electron chi connectivity index (χ1n) is 8.13. The van der Waals surface area contributed by atoms with Crippen LogP contribution >= 0.6 is 11.8 Å². The molecule has 1 aromatic heterocycles. The predicted molar refractivity (Wildman–Crippen MR) is 98.9 cm³/mol. The lowest BCUT2D eigenvalue weighted by molar-refractivity contribution is -0.115. The van der Waals surface area contributed by atoms with E-state index in [0.29, 0.717) is 11.2 Å². The van der Waals surface area contributed by atoms with Gasteiger partial charge in [-0.05, 0) is 66.6 Å². The molecule has 1 N–H and O–H groups in total. The summed E-state index contributed by atoms with van der Waals surface area (Å²) in [4.78, 5) is 12.4. The van der Waals surface area contributed by atoms with Crippen molar-refractivity contribution in [2.24, 2.45) is 0 Å². The van der Waals surface area contributed by atoms with Crippen LogP contribution in [-0.4, -0.2) is 31.4 Å². The van der Waals surface area contributed by atoms with Crippen LogP contribution in [0.25, 0.3) is 5.69 Å². The number of tetrazole rings is 1. The lowest BCUT2D eigenvalue weighted by Crippen LogP contribution is -2.23. The van der Waals surface area contributed by atoms with E-state index in [9.17, 15) is 13.6 Å². The Morgan fingerprint density at radius 3 is 2.63 bits per heavy atom. The van der Waals surface area contributed by atoms with Crippen molar-refractivity contribution >= 4 is 23.4 Å². The summed E-state index contributed by atoms with van der Waals surface area (Å²) in [5.41, 5.74) is 2.94. The quantitative estimate of drug-likeness (QED) is 0.674. The van der Waals surface area contributed by atoms with Crippen LogP contribution in [-0.2, 0) is 4.79 Å². The Labute approximate surface area is 159 Å². The fourth-order valence-electron chi connectivity index (χ4n) is 2.31. The maximum atomic E-state index is 13.7. The number of amides is 1. The fraction of sp³-hybridized carbons (Fsp3) is 0.222. The van der Waals surface area contributed by atoms with Gasteiger partial charge < -0.3 is 5.32 Å². The van der Waals surface area contributed by atoms with E-state index in [-0.39, 0.29) is 5.69 Å². The molecular formula is C18H17F2N5OS. The molecule has 1 amide bonds. The highest BCUT2D eigenvalue weighted by molar-refractivity contribution is 8.00. The Balaban J connectivity index is 1.74. The van der Waals surface area contributed by atoms with Crippen LogP contribution in [0.3, 0.4) is 0 Å². The highest BCUT2D eigenvalue weighted by atomic mass is 32.2. The second-order valence-electron chi connectivity index (χ2n) is 6.02. The highest BCUT2D eigenvalue weighted by Gasteiger charge is 2.20. The third-order valence-corrected chi connectivity index (χ3v) is 5.05. The summed E-state index contributed by atoms with van der Waals surface area (Å²) in [6.45, 7) is 5.65. The van der Waals surface area contributed by atoms with E-state index in [1.54, 1.807) is 11.6 Å². The minimum absolute atomic E-state index is 0.0809. The Kier molecular flexibility index (Phi) is 5.50. The van der Waals surface area contributed by atoms with Gasteiger partial charge in [0.05, 0.1) is 16.6 Å². The normalized spacial score (nSPS) is 12.0. The molecule has 1 heterocycles. The zero-order valence-electron chi connectivity index (χ0n) is 14.9. The zero-order chi connectivity index (χ0) is 19.6. The summed E-state index contributed by atoms with van der Waals surface area (Å²) in [5, 5.41) is 13.9. The number of carbonyl (C=O) groups is 1. The van der Waals surface area contributed by atoms with E-state index in [0.717, 1.165) is 34.6 Å². The zero-order valence-corrected chi connectivity index (χ0v) is 15.7. The summed E-state index contributed by atoms with van der Waals surface area (Å²) in [7, 11) is 0. The molecule has 0 aliphatic rings. The number of nitrogens with zero attached hydrogens (tertiary/aromatic N) is 4. The van der Waals surface area contributed by atoms with E-state index in [1.807, 2.05) is 32.0 Å². The van der Waals surface area contributed by atoms with Gasteiger partial charge in [-0.25, -0.2) is 8.78 Å². The van der Waals surface area contributed by atoms with Crippen molar-refractivity contribution in [3.8, 4) is 5.69 Å². The number of aromatic nitrogens is 4. The minimum Gasteiger partial charge on any atom is -0.323 e. The van der Waals surface area contributed by atoms with E-state index < -0.39 is 22.8 Å². The van der Waals surface area contributed by atoms with Gasteiger partial charge in [-0.2, -0.15) is 4.68 Å². The molecule has 27 heavy (non-hydrogen) atoms. The Bertz CT molecular complexity index is 992. The van der Waals surface area contributed by atoms with Crippen molar-refractivity contribution in [3.05, 3.63) is 59.2 Å². The van der Waals surface area contributed by atoms with Gasteiger partial charge >= 0.3 is 0 Å². The average molecular weight is 389 g/mol. The lowest BCUT2D eigenvalue weighted by atomic mass is 10.1. The van der Waals surface area contributed by atoms with E-state index in [2.05, 4.69) is 20.8 Å². The van der Waals surface area contributed by atoms with Crippen molar-refractivity contribution < 1.29 is 13.6 Å². The third-order valence-electron chi connectivity index (χ3n) is 4.02. The molecule has 0 saturated carbocycles. The van der Waals surface area contributed by atoms with Crippen molar-refractivity contribution in [3.63, 3.8) is 0 Å². The highest BCUT2D eigenvalue weighted by Crippen LogP contribution is 2.25. The number of aryl methyl sites for hydroxylation is 2. The standard InChI is InChI=1S/C18H17F2N5OS/c1-10-4-6-14(8-11(10)2)25-18(22-23-24-25)27-12(3)17(26)21-16-7-5-13(19)9-15(16)20/h4-9,12H,1-3H3,(H,21,26). The van der Waals surface area contributed by atoms with Gasteiger partial charge in [-0.15, -0.1) is 5.10 Å². The summed E-state index contributed by atoms with van der Waals surface area (Å²) < 4.78 is 28.2. The molecule has 3 aromatic rings.